The normalized spacial score (nSPS) is 17.2. The summed E-state index contributed by atoms with van der Waals surface area (Å²) in [4.78, 5) is 40.4. The van der Waals surface area contributed by atoms with Crippen LogP contribution in [0.1, 0.15) is 40.2 Å². The largest absolute Gasteiger partial charge is 0.319 e. The lowest BCUT2D eigenvalue weighted by Gasteiger charge is -2.32. The number of fused-ring (bicyclic) bond motifs is 1. The van der Waals surface area contributed by atoms with Crippen molar-refractivity contribution >= 4 is 17.7 Å². The van der Waals surface area contributed by atoms with E-state index < -0.39 is 0 Å². The number of hydrogen-bond donors (Lipinski definition) is 1. The van der Waals surface area contributed by atoms with Gasteiger partial charge in [0.1, 0.15) is 13.1 Å². The third kappa shape index (κ3) is 3.49. The lowest BCUT2D eigenvalue weighted by molar-refractivity contribution is -0.150. The average Bonchev–Trinajstić information content (AvgIpc) is 3.11. The zero-order valence-electron chi connectivity index (χ0n) is 15.1. The minimum atomic E-state index is -0.334. The number of aromatic nitrogens is 2. The summed E-state index contributed by atoms with van der Waals surface area (Å²) in [7, 11) is 0. The Bertz CT molecular complexity index is 857. The van der Waals surface area contributed by atoms with Crippen LogP contribution >= 0.6 is 0 Å². The van der Waals surface area contributed by atoms with Crippen molar-refractivity contribution in [2.24, 2.45) is 0 Å². The molecule has 0 bridgehead atoms. The molecule has 1 N–H and O–H groups in total. The van der Waals surface area contributed by atoms with Gasteiger partial charge in [-0.2, -0.15) is 5.10 Å². The third-order valence-electron chi connectivity index (χ3n) is 5.27. The van der Waals surface area contributed by atoms with E-state index in [4.69, 9.17) is 0 Å². The smallest absolute Gasteiger partial charge is 0.275 e. The highest BCUT2D eigenvalue weighted by Crippen LogP contribution is 2.23. The number of aryl methyl sites for hydroxylation is 1. The van der Waals surface area contributed by atoms with Crippen LogP contribution in [-0.2, 0) is 28.9 Å². The maximum Gasteiger partial charge on any atom is 0.275 e. The van der Waals surface area contributed by atoms with Gasteiger partial charge in [0.05, 0.1) is 0 Å². The molecular formula is C20H22N4O3. The van der Waals surface area contributed by atoms with Gasteiger partial charge in [0.25, 0.3) is 5.91 Å². The van der Waals surface area contributed by atoms with Crippen LogP contribution in [0.5, 0.6) is 0 Å². The number of aromatic amines is 1. The van der Waals surface area contributed by atoms with Crippen LogP contribution in [0.2, 0.25) is 0 Å². The summed E-state index contributed by atoms with van der Waals surface area (Å²) >= 11 is 0. The third-order valence-corrected chi connectivity index (χ3v) is 5.27. The molecule has 4 rings (SSSR count). The van der Waals surface area contributed by atoms with E-state index in [1.165, 1.54) is 9.80 Å². The van der Waals surface area contributed by atoms with Crippen LogP contribution in [0, 0.1) is 0 Å². The van der Waals surface area contributed by atoms with Crippen molar-refractivity contribution in [3.05, 3.63) is 52.8 Å². The number of benzene rings is 1. The summed E-state index contributed by atoms with van der Waals surface area (Å²) in [5, 5.41) is 7.10. The Morgan fingerprint density at radius 2 is 1.74 bits per heavy atom. The molecule has 2 aromatic rings. The Morgan fingerprint density at radius 1 is 1.04 bits per heavy atom. The number of H-pyrrole nitrogens is 1. The summed E-state index contributed by atoms with van der Waals surface area (Å²) in [5.74, 6) is -1.00. The molecule has 27 heavy (non-hydrogen) atoms. The van der Waals surface area contributed by atoms with Crippen LogP contribution in [0.15, 0.2) is 30.3 Å². The summed E-state index contributed by atoms with van der Waals surface area (Å²) in [6, 6.07) is 9.73. The molecule has 0 spiro atoms. The topological polar surface area (TPSA) is 86.4 Å². The van der Waals surface area contributed by atoms with Crippen LogP contribution in [0.3, 0.4) is 0 Å². The molecule has 0 unspecified atom stereocenters. The summed E-state index contributed by atoms with van der Waals surface area (Å²) < 4.78 is 0. The van der Waals surface area contributed by atoms with Gasteiger partial charge >= 0.3 is 0 Å². The van der Waals surface area contributed by atoms with Gasteiger partial charge in [0.15, 0.2) is 5.69 Å². The molecule has 7 nitrogen and oxygen atoms in total. The van der Waals surface area contributed by atoms with E-state index in [9.17, 15) is 14.4 Å². The molecule has 1 saturated heterocycles. The first kappa shape index (κ1) is 17.5. The number of imide groups is 1. The zero-order valence-corrected chi connectivity index (χ0v) is 15.1. The molecule has 7 heteroatoms. The Kier molecular flexibility index (Phi) is 4.75. The van der Waals surface area contributed by atoms with Crippen molar-refractivity contribution in [3.63, 3.8) is 0 Å². The molecule has 0 atom stereocenters. The van der Waals surface area contributed by atoms with Gasteiger partial charge in [-0.25, -0.2) is 0 Å². The van der Waals surface area contributed by atoms with Gasteiger partial charge in [-0.3, -0.25) is 24.4 Å². The first-order valence-corrected chi connectivity index (χ1v) is 9.36. The van der Waals surface area contributed by atoms with E-state index in [2.05, 4.69) is 10.2 Å². The van der Waals surface area contributed by atoms with Gasteiger partial charge in [-0.15, -0.1) is 0 Å². The number of rotatable bonds is 4. The van der Waals surface area contributed by atoms with Crippen molar-refractivity contribution < 1.29 is 14.4 Å². The van der Waals surface area contributed by atoms with Crippen LogP contribution in [-0.4, -0.2) is 57.4 Å². The van der Waals surface area contributed by atoms with E-state index in [1.54, 1.807) is 0 Å². The minimum absolute atomic E-state index is 0.0823. The molecular weight excluding hydrogens is 344 g/mol. The summed E-state index contributed by atoms with van der Waals surface area (Å²) in [5.41, 5.74) is 3.38. The first-order valence-electron chi connectivity index (χ1n) is 9.36. The second-order valence-electron chi connectivity index (χ2n) is 7.07. The van der Waals surface area contributed by atoms with Gasteiger partial charge in [0, 0.05) is 17.8 Å². The molecule has 1 aromatic carbocycles. The molecule has 1 aliphatic carbocycles. The quantitative estimate of drug-likeness (QED) is 0.828. The molecule has 1 fully saturated rings. The average molecular weight is 366 g/mol. The molecule has 2 heterocycles. The SMILES string of the molecule is O=C(c1n[nH]c2c1CCCC2)N1CC(=O)N(CCc2ccccc2)C(=O)C1. The van der Waals surface area contributed by atoms with Crippen molar-refractivity contribution in [3.8, 4) is 0 Å². The summed E-state index contributed by atoms with van der Waals surface area (Å²) in [6.07, 6.45) is 4.42. The van der Waals surface area contributed by atoms with E-state index in [0.717, 1.165) is 42.5 Å². The molecule has 1 aromatic heterocycles. The van der Waals surface area contributed by atoms with Crippen LogP contribution in [0.4, 0.5) is 0 Å². The highest BCUT2D eigenvalue weighted by molar-refractivity contribution is 6.05. The van der Waals surface area contributed by atoms with Gasteiger partial charge in [0.2, 0.25) is 11.8 Å². The zero-order chi connectivity index (χ0) is 18.8. The van der Waals surface area contributed by atoms with Crippen molar-refractivity contribution in [2.45, 2.75) is 32.1 Å². The minimum Gasteiger partial charge on any atom is -0.319 e. The second kappa shape index (κ2) is 7.34. The molecule has 1 aliphatic heterocycles. The Morgan fingerprint density at radius 3 is 2.48 bits per heavy atom. The van der Waals surface area contributed by atoms with E-state index in [0.29, 0.717) is 18.7 Å². The Hall–Kier alpha value is -2.96. The monoisotopic (exact) mass is 366 g/mol. The summed E-state index contributed by atoms with van der Waals surface area (Å²) in [6.45, 7) is 0.170. The Balaban J connectivity index is 1.42. The number of nitrogens with one attached hydrogen (secondary N) is 1. The van der Waals surface area contributed by atoms with E-state index in [1.807, 2.05) is 30.3 Å². The maximum absolute atomic E-state index is 12.8. The van der Waals surface area contributed by atoms with Gasteiger partial charge in [-0.1, -0.05) is 30.3 Å². The predicted molar refractivity (Wildman–Crippen MR) is 98.0 cm³/mol. The first-order chi connectivity index (χ1) is 13.1. The van der Waals surface area contributed by atoms with Crippen molar-refractivity contribution in [2.75, 3.05) is 19.6 Å². The van der Waals surface area contributed by atoms with Gasteiger partial charge < -0.3 is 4.90 Å². The molecule has 3 amide bonds. The number of carbonyl (C=O) groups is 3. The molecule has 2 aliphatic rings. The Labute approximate surface area is 157 Å². The fourth-order valence-electron chi connectivity index (χ4n) is 3.78. The lowest BCUT2D eigenvalue weighted by atomic mass is 9.95. The number of amides is 3. The molecule has 0 radical (unpaired) electrons. The number of piperazine rings is 1. The fourth-order valence-corrected chi connectivity index (χ4v) is 3.78. The van der Waals surface area contributed by atoms with Crippen LogP contribution in [0.25, 0.3) is 0 Å². The lowest BCUT2D eigenvalue weighted by Crippen LogP contribution is -2.56. The fraction of sp³-hybridized carbons (Fsp3) is 0.400. The van der Waals surface area contributed by atoms with Crippen LogP contribution < -0.4 is 0 Å². The number of hydrogen-bond acceptors (Lipinski definition) is 4. The highest BCUT2D eigenvalue weighted by atomic mass is 16.2. The predicted octanol–water partition coefficient (Wildman–Crippen LogP) is 1.34. The van der Waals surface area contributed by atoms with E-state index in [-0.39, 0.29) is 30.8 Å². The standard InChI is InChI=1S/C20H22N4O3/c25-17-12-23(20(27)19-15-8-4-5-9-16(15)21-22-19)13-18(26)24(17)11-10-14-6-2-1-3-7-14/h1-3,6-7H,4-5,8-13H2,(H,21,22). The van der Waals surface area contributed by atoms with Crippen molar-refractivity contribution in [1.29, 1.82) is 0 Å². The van der Waals surface area contributed by atoms with Crippen molar-refractivity contribution in [1.82, 2.24) is 20.0 Å². The highest BCUT2D eigenvalue weighted by Gasteiger charge is 2.35. The van der Waals surface area contributed by atoms with E-state index >= 15 is 0 Å². The second-order valence-corrected chi connectivity index (χ2v) is 7.07. The number of carbonyl (C=O) groups excluding carboxylic acids is 3. The molecule has 140 valence electrons. The number of nitrogens with zero attached hydrogens (tertiary/aromatic N) is 3. The maximum atomic E-state index is 12.8. The van der Waals surface area contributed by atoms with Gasteiger partial charge in [-0.05, 0) is 37.7 Å². The molecule has 0 saturated carbocycles.